The predicted octanol–water partition coefficient (Wildman–Crippen LogP) is 7.82. The molecule has 0 spiro atoms. The lowest BCUT2D eigenvalue weighted by Gasteiger charge is -2.28. The lowest BCUT2D eigenvalue weighted by molar-refractivity contribution is 0.262. The Morgan fingerprint density at radius 3 is 1.48 bits per heavy atom. The van der Waals surface area contributed by atoms with E-state index in [0.717, 1.165) is 24.7 Å². The van der Waals surface area contributed by atoms with Gasteiger partial charge in [0.2, 0.25) is 0 Å². The molecule has 0 saturated heterocycles. The molecule has 148 valence electrons. The van der Waals surface area contributed by atoms with Gasteiger partial charge in [-0.1, -0.05) is 89.1 Å². The van der Waals surface area contributed by atoms with Gasteiger partial charge < -0.3 is 0 Å². The van der Waals surface area contributed by atoms with Gasteiger partial charge in [0.05, 0.1) is 0 Å². The van der Waals surface area contributed by atoms with Crippen LogP contribution >= 0.6 is 0 Å². The van der Waals surface area contributed by atoms with Gasteiger partial charge in [0.1, 0.15) is 0 Å². The van der Waals surface area contributed by atoms with Crippen molar-refractivity contribution in [2.24, 2.45) is 11.8 Å². The SMILES string of the molecule is CC.CCc1ccc(CCC2CCC(Cc3ccc(CC)cc3)CC2)cc1. The molecule has 0 N–H and O–H groups in total. The molecule has 1 aliphatic rings. The largest absolute Gasteiger partial charge is 0.0683 e. The average molecular weight is 365 g/mol. The fourth-order valence-electron chi connectivity index (χ4n) is 4.28. The first kappa shape index (κ1) is 21.7. The van der Waals surface area contributed by atoms with Crippen LogP contribution in [0.25, 0.3) is 0 Å². The molecule has 1 fully saturated rings. The van der Waals surface area contributed by atoms with Crippen LogP contribution < -0.4 is 0 Å². The summed E-state index contributed by atoms with van der Waals surface area (Å²) in [5.41, 5.74) is 5.97. The van der Waals surface area contributed by atoms with E-state index < -0.39 is 0 Å². The van der Waals surface area contributed by atoms with Gasteiger partial charge in [-0.05, 0) is 79.0 Å². The fourth-order valence-corrected chi connectivity index (χ4v) is 4.28. The van der Waals surface area contributed by atoms with Crippen molar-refractivity contribution < 1.29 is 0 Å². The third kappa shape index (κ3) is 7.17. The standard InChI is InChI=1S/C25H34.C2H6/c1-3-20-5-9-22(10-6-20)11-12-23-13-17-25(18-14-23)19-24-15-7-21(4-2)8-16-24;1-2/h5-10,15-16,23,25H,3-4,11-14,17-19H2,1-2H3;1-2H3. The average Bonchev–Trinajstić information content (AvgIpc) is 2.75. The van der Waals surface area contributed by atoms with E-state index in [-0.39, 0.29) is 0 Å². The maximum absolute atomic E-state index is 2.35. The molecule has 2 aromatic carbocycles. The molecule has 0 heterocycles. The van der Waals surface area contributed by atoms with Crippen LogP contribution in [0.3, 0.4) is 0 Å². The molecular weight excluding hydrogens is 324 g/mol. The number of rotatable bonds is 7. The van der Waals surface area contributed by atoms with E-state index in [0.29, 0.717) is 0 Å². The Bertz CT molecular complexity index is 612. The highest BCUT2D eigenvalue weighted by molar-refractivity contribution is 5.23. The zero-order valence-corrected chi connectivity index (χ0v) is 18.1. The molecule has 0 bridgehead atoms. The van der Waals surface area contributed by atoms with Crippen LogP contribution in [0, 0.1) is 11.8 Å². The molecule has 0 aliphatic heterocycles. The normalized spacial score (nSPS) is 19.3. The Morgan fingerprint density at radius 2 is 1.00 bits per heavy atom. The van der Waals surface area contributed by atoms with Gasteiger partial charge in [-0.15, -0.1) is 0 Å². The van der Waals surface area contributed by atoms with Crippen molar-refractivity contribution >= 4 is 0 Å². The molecule has 27 heavy (non-hydrogen) atoms. The van der Waals surface area contributed by atoms with Crippen LogP contribution in [0.1, 0.15) is 82.1 Å². The van der Waals surface area contributed by atoms with Gasteiger partial charge in [-0.2, -0.15) is 0 Å². The van der Waals surface area contributed by atoms with Gasteiger partial charge in [0.15, 0.2) is 0 Å². The molecule has 0 heteroatoms. The summed E-state index contributed by atoms with van der Waals surface area (Å²) in [4.78, 5) is 0. The Kier molecular flexibility index (Phi) is 9.67. The van der Waals surface area contributed by atoms with Crippen LogP contribution in [0.4, 0.5) is 0 Å². The Balaban J connectivity index is 0.00000126. The first-order valence-electron chi connectivity index (χ1n) is 11.4. The second-order valence-electron chi connectivity index (χ2n) is 7.97. The van der Waals surface area contributed by atoms with E-state index in [4.69, 9.17) is 0 Å². The highest BCUT2D eigenvalue weighted by Crippen LogP contribution is 2.33. The summed E-state index contributed by atoms with van der Waals surface area (Å²) in [5, 5.41) is 0. The summed E-state index contributed by atoms with van der Waals surface area (Å²) < 4.78 is 0. The van der Waals surface area contributed by atoms with Crippen LogP contribution in [-0.2, 0) is 25.7 Å². The summed E-state index contributed by atoms with van der Waals surface area (Å²) in [6, 6.07) is 18.6. The van der Waals surface area contributed by atoms with Gasteiger partial charge in [0, 0.05) is 0 Å². The zero-order chi connectivity index (χ0) is 19.5. The lowest BCUT2D eigenvalue weighted by atomic mass is 9.77. The first-order chi connectivity index (χ1) is 13.3. The number of benzene rings is 2. The van der Waals surface area contributed by atoms with Crippen LogP contribution in [-0.4, -0.2) is 0 Å². The molecule has 0 amide bonds. The molecule has 0 atom stereocenters. The van der Waals surface area contributed by atoms with E-state index in [1.807, 2.05) is 13.8 Å². The predicted molar refractivity (Wildman–Crippen MR) is 120 cm³/mol. The van der Waals surface area contributed by atoms with Crippen LogP contribution in [0.2, 0.25) is 0 Å². The van der Waals surface area contributed by atoms with Gasteiger partial charge >= 0.3 is 0 Å². The van der Waals surface area contributed by atoms with E-state index in [9.17, 15) is 0 Å². The molecule has 2 aromatic rings. The molecule has 0 radical (unpaired) electrons. The third-order valence-electron chi connectivity index (χ3n) is 6.19. The van der Waals surface area contributed by atoms with E-state index in [1.165, 1.54) is 67.2 Å². The van der Waals surface area contributed by atoms with Crippen molar-refractivity contribution in [2.45, 2.75) is 85.5 Å². The highest BCUT2D eigenvalue weighted by atomic mass is 14.3. The third-order valence-corrected chi connectivity index (χ3v) is 6.19. The molecule has 0 nitrogen and oxygen atoms in total. The Labute approximate surface area is 168 Å². The highest BCUT2D eigenvalue weighted by Gasteiger charge is 2.21. The quantitative estimate of drug-likeness (QED) is 0.470. The smallest absolute Gasteiger partial charge is 0.0250 e. The maximum atomic E-state index is 2.35. The molecule has 0 unspecified atom stereocenters. The minimum absolute atomic E-state index is 0.910. The van der Waals surface area contributed by atoms with Crippen molar-refractivity contribution in [1.29, 1.82) is 0 Å². The lowest BCUT2D eigenvalue weighted by Crippen LogP contribution is -2.17. The minimum atomic E-state index is 0.910. The van der Waals surface area contributed by atoms with Gasteiger partial charge in [-0.25, -0.2) is 0 Å². The number of hydrogen-bond acceptors (Lipinski definition) is 0. The van der Waals surface area contributed by atoms with Crippen molar-refractivity contribution in [1.82, 2.24) is 0 Å². The summed E-state index contributed by atoms with van der Waals surface area (Å²) in [5.74, 6) is 1.86. The summed E-state index contributed by atoms with van der Waals surface area (Å²) >= 11 is 0. The second-order valence-corrected chi connectivity index (χ2v) is 7.97. The van der Waals surface area contributed by atoms with E-state index >= 15 is 0 Å². The van der Waals surface area contributed by atoms with Crippen LogP contribution in [0.5, 0.6) is 0 Å². The van der Waals surface area contributed by atoms with E-state index in [2.05, 4.69) is 62.4 Å². The molecule has 3 rings (SSSR count). The van der Waals surface area contributed by atoms with E-state index in [1.54, 1.807) is 0 Å². The maximum Gasteiger partial charge on any atom is -0.0250 e. The molecular formula is C27H40. The fraction of sp³-hybridized carbons (Fsp3) is 0.556. The molecule has 1 aliphatic carbocycles. The number of aryl methyl sites for hydroxylation is 3. The Morgan fingerprint density at radius 1 is 0.593 bits per heavy atom. The minimum Gasteiger partial charge on any atom is -0.0683 e. The summed E-state index contributed by atoms with van der Waals surface area (Å²) in [7, 11) is 0. The number of hydrogen-bond donors (Lipinski definition) is 0. The van der Waals surface area contributed by atoms with Gasteiger partial charge in [-0.3, -0.25) is 0 Å². The van der Waals surface area contributed by atoms with Crippen molar-refractivity contribution in [3.05, 3.63) is 70.8 Å². The second kappa shape index (κ2) is 12.0. The molecule has 0 aromatic heterocycles. The molecule has 1 saturated carbocycles. The summed E-state index contributed by atoms with van der Waals surface area (Å²) in [6.45, 7) is 8.46. The summed E-state index contributed by atoms with van der Waals surface area (Å²) in [6.07, 6.45) is 11.9. The topological polar surface area (TPSA) is 0 Å². The van der Waals surface area contributed by atoms with Crippen molar-refractivity contribution in [3.8, 4) is 0 Å². The zero-order valence-electron chi connectivity index (χ0n) is 18.1. The van der Waals surface area contributed by atoms with Crippen LogP contribution in [0.15, 0.2) is 48.5 Å². The van der Waals surface area contributed by atoms with Gasteiger partial charge in [0.25, 0.3) is 0 Å². The monoisotopic (exact) mass is 364 g/mol. The first-order valence-corrected chi connectivity index (χ1v) is 11.4. The van der Waals surface area contributed by atoms with Crippen molar-refractivity contribution in [3.63, 3.8) is 0 Å². The Hall–Kier alpha value is -1.56. The van der Waals surface area contributed by atoms with Crippen molar-refractivity contribution in [2.75, 3.05) is 0 Å².